The highest BCUT2D eigenvalue weighted by molar-refractivity contribution is 6.31. The van der Waals surface area contributed by atoms with Gasteiger partial charge in [0.1, 0.15) is 0 Å². The van der Waals surface area contributed by atoms with Crippen LogP contribution < -0.4 is 10.6 Å². The second-order valence-electron chi connectivity index (χ2n) is 4.76. The predicted molar refractivity (Wildman–Crippen MR) is 87.4 cm³/mol. The Balaban J connectivity index is 1.95. The smallest absolute Gasteiger partial charge is 0.255 e. The quantitative estimate of drug-likeness (QED) is 0.658. The number of anilines is 2. The number of nitrogens with one attached hydrogen (secondary N) is 2. The molecule has 0 radical (unpaired) electrons. The van der Waals surface area contributed by atoms with Gasteiger partial charge < -0.3 is 20.8 Å². The maximum Gasteiger partial charge on any atom is 0.255 e. The van der Waals surface area contributed by atoms with Gasteiger partial charge in [0.15, 0.2) is 0 Å². The van der Waals surface area contributed by atoms with Gasteiger partial charge in [-0.15, -0.1) is 0 Å². The lowest BCUT2D eigenvalue weighted by atomic mass is 10.2. The van der Waals surface area contributed by atoms with Gasteiger partial charge in [-0.1, -0.05) is 17.7 Å². The summed E-state index contributed by atoms with van der Waals surface area (Å²) >= 11 is 5.86. The average Bonchev–Trinajstić information content (AvgIpc) is 2.53. The molecule has 0 saturated carbocycles. The van der Waals surface area contributed by atoms with Crippen molar-refractivity contribution in [1.82, 2.24) is 0 Å². The van der Waals surface area contributed by atoms with E-state index in [4.69, 9.17) is 16.7 Å². The van der Waals surface area contributed by atoms with Crippen LogP contribution in [-0.4, -0.2) is 35.4 Å². The first-order valence-electron chi connectivity index (χ1n) is 6.78. The summed E-state index contributed by atoms with van der Waals surface area (Å²) in [6, 6.07) is 13.8. The third kappa shape index (κ3) is 4.73. The zero-order valence-electron chi connectivity index (χ0n) is 11.8. The first-order valence-corrected chi connectivity index (χ1v) is 7.16. The normalized spacial score (nSPS) is 11.8. The van der Waals surface area contributed by atoms with Gasteiger partial charge in [-0.25, -0.2) is 0 Å². The lowest BCUT2D eigenvalue weighted by Crippen LogP contribution is -2.22. The van der Waals surface area contributed by atoms with Crippen molar-refractivity contribution in [2.24, 2.45) is 0 Å². The summed E-state index contributed by atoms with van der Waals surface area (Å²) in [5, 5.41) is 24.3. The number of carbonyl (C=O) groups is 1. The van der Waals surface area contributed by atoms with Crippen LogP contribution in [0.5, 0.6) is 0 Å². The maximum atomic E-state index is 12.1. The van der Waals surface area contributed by atoms with Gasteiger partial charge in [0.25, 0.3) is 5.91 Å². The zero-order valence-corrected chi connectivity index (χ0v) is 12.5. The molecule has 0 heterocycles. The van der Waals surface area contributed by atoms with E-state index in [0.717, 1.165) is 5.69 Å². The molecule has 0 aromatic heterocycles. The highest BCUT2D eigenvalue weighted by Crippen LogP contribution is 2.16. The molecule has 0 aliphatic carbocycles. The van der Waals surface area contributed by atoms with Gasteiger partial charge in [0, 0.05) is 28.5 Å². The van der Waals surface area contributed by atoms with Crippen LogP contribution in [0.25, 0.3) is 0 Å². The van der Waals surface area contributed by atoms with Crippen LogP contribution in [0.15, 0.2) is 48.5 Å². The van der Waals surface area contributed by atoms with E-state index in [0.29, 0.717) is 16.3 Å². The van der Waals surface area contributed by atoms with Crippen molar-refractivity contribution in [2.45, 2.75) is 6.10 Å². The molecule has 4 N–H and O–H groups in total. The standard InChI is InChI=1S/C16H17ClN2O3/c17-12-3-1-2-11(8-12)16(22)19-14-6-4-13(5-7-14)18-9-15(21)10-20/h1-8,15,18,20-21H,9-10H2,(H,19,22). The molecule has 6 heteroatoms. The van der Waals surface area contributed by atoms with E-state index in [1.54, 1.807) is 48.5 Å². The molecule has 116 valence electrons. The van der Waals surface area contributed by atoms with E-state index in [1.165, 1.54) is 0 Å². The molecule has 0 spiro atoms. The Labute approximate surface area is 133 Å². The summed E-state index contributed by atoms with van der Waals surface area (Å²) in [5.41, 5.74) is 1.92. The molecular weight excluding hydrogens is 304 g/mol. The summed E-state index contributed by atoms with van der Waals surface area (Å²) in [6.07, 6.45) is -0.804. The second kappa shape index (κ2) is 7.79. The van der Waals surface area contributed by atoms with E-state index < -0.39 is 6.10 Å². The molecule has 2 aromatic rings. The number of aliphatic hydroxyl groups is 2. The van der Waals surface area contributed by atoms with Crippen LogP contribution in [0.2, 0.25) is 5.02 Å². The Bertz CT molecular complexity index is 632. The Hall–Kier alpha value is -2.08. The Morgan fingerprint density at radius 3 is 2.45 bits per heavy atom. The van der Waals surface area contributed by atoms with Crippen molar-refractivity contribution < 1.29 is 15.0 Å². The summed E-state index contributed by atoms with van der Waals surface area (Å²) in [4.78, 5) is 12.1. The Morgan fingerprint density at radius 1 is 1.14 bits per heavy atom. The number of hydrogen-bond donors (Lipinski definition) is 4. The highest BCUT2D eigenvalue weighted by atomic mass is 35.5. The molecule has 0 bridgehead atoms. The number of halogens is 1. The van der Waals surface area contributed by atoms with Crippen LogP contribution in [0.3, 0.4) is 0 Å². The van der Waals surface area contributed by atoms with Gasteiger partial charge >= 0.3 is 0 Å². The fourth-order valence-electron chi connectivity index (χ4n) is 1.80. The molecule has 5 nitrogen and oxygen atoms in total. The Kier molecular flexibility index (Phi) is 5.77. The summed E-state index contributed by atoms with van der Waals surface area (Å²) in [7, 11) is 0. The monoisotopic (exact) mass is 320 g/mol. The molecule has 1 amide bonds. The van der Waals surface area contributed by atoms with Gasteiger partial charge in [0.2, 0.25) is 0 Å². The molecule has 1 atom stereocenters. The van der Waals surface area contributed by atoms with Crippen molar-refractivity contribution in [2.75, 3.05) is 23.8 Å². The number of aliphatic hydroxyl groups excluding tert-OH is 2. The number of hydrogen-bond acceptors (Lipinski definition) is 4. The van der Waals surface area contributed by atoms with Crippen molar-refractivity contribution in [3.63, 3.8) is 0 Å². The molecule has 2 rings (SSSR count). The van der Waals surface area contributed by atoms with Gasteiger partial charge in [0.05, 0.1) is 12.7 Å². The maximum absolute atomic E-state index is 12.1. The number of amides is 1. The molecule has 0 saturated heterocycles. The molecule has 22 heavy (non-hydrogen) atoms. The summed E-state index contributed by atoms with van der Waals surface area (Å²) in [6.45, 7) is -0.0362. The first kappa shape index (κ1) is 16.3. The van der Waals surface area contributed by atoms with Crippen LogP contribution >= 0.6 is 11.6 Å². The van der Waals surface area contributed by atoms with Crippen LogP contribution in [0.1, 0.15) is 10.4 Å². The van der Waals surface area contributed by atoms with Gasteiger partial charge in [-0.05, 0) is 42.5 Å². The fourth-order valence-corrected chi connectivity index (χ4v) is 1.99. The predicted octanol–water partition coefficient (Wildman–Crippen LogP) is 2.36. The van der Waals surface area contributed by atoms with E-state index in [-0.39, 0.29) is 19.1 Å². The third-order valence-electron chi connectivity index (χ3n) is 2.98. The zero-order chi connectivity index (χ0) is 15.9. The van der Waals surface area contributed by atoms with E-state index >= 15 is 0 Å². The minimum Gasteiger partial charge on any atom is -0.394 e. The largest absolute Gasteiger partial charge is 0.394 e. The second-order valence-corrected chi connectivity index (χ2v) is 5.20. The SMILES string of the molecule is O=C(Nc1ccc(NCC(O)CO)cc1)c1cccc(Cl)c1. The van der Waals surface area contributed by atoms with Crippen molar-refractivity contribution in [1.29, 1.82) is 0 Å². The lowest BCUT2D eigenvalue weighted by Gasteiger charge is -2.11. The Morgan fingerprint density at radius 2 is 1.82 bits per heavy atom. The average molecular weight is 321 g/mol. The third-order valence-corrected chi connectivity index (χ3v) is 3.22. The van der Waals surface area contributed by atoms with Crippen LogP contribution in [-0.2, 0) is 0 Å². The number of carbonyl (C=O) groups excluding carboxylic acids is 1. The van der Waals surface area contributed by atoms with E-state index in [9.17, 15) is 9.90 Å². The minimum absolute atomic E-state index is 0.237. The van der Waals surface area contributed by atoms with Gasteiger partial charge in [-0.3, -0.25) is 4.79 Å². The first-order chi connectivity index (χ1) is 10.6. The molecular formula is C16H17ClN2O3. The van der Waals surface area contributed by atoms with Crippen molar-refractivity contribution in [3.8, 4) is 0 Å². The van der Waals surface area contributed by atoms with Crippen LogP contribution in [0, 0.1) is 0 Å². The molecule has 0 fully saturated rings. The van der Waals surface area contributed by atoms with E-state index in [2.05, 4.69) is 10.6 Å². The lowest BCUT2D eigenvalue weighted by molar-refractivity contribution is 0.102. The molecule has 1 unspecified atom stereocenters. The van der Waals surface area contributed by atoms with Gasteiger partial charge in [-0.2, -0.15) is 0 Å². The molecule has 0 aliphatic heterocycles. The number of benzene rings is 2. The number of rotatable bonds is 6. The van der Waals surface area contributed by atoms with Crippen molar-refractivity contribution in [3.05, 3.63) is 59.1 Å². The van der Waals surface area contributed by atoms with Crippen molar-refractivity contribution >= 4 is 28.9 Å². The minimum atomic E-state index is -0.804. The summed E-state index contributed by atoms with van der Waals surface area (Å²) in [5.74, 6) is -0.237. The topological polar surface area (TPSA) is 81.6 Å². The highest BCUT2D eigenvalue weighted by Gasteiger charge is 2.06. The van der Waals surface area contributed by atoms with E-state index in [1.807, 2.05) is 0 Å². The fraction of sp³-hybridized carbons (Fsp3) is 0.188. The van der Waals surface area contributed by atoms with Crippen LogP contribution in [0.4, 0.5) is 11.4 Å². The summed E-state index contributed by atoms with van der Waals surface area (Å²) < 4.78 is 0. The molecule has 0 aliphatic rings. The molecule has 2 aromatic carbocycles.